The first-order valence-electron chi connectivity index (χ1n) is 8.66. The SMILES string of the molecule is CCOC(=O)c1cncc2c(Nc3ccc(C)cc3F)c(C(=O)N(C)C)oc12. The number of pyridine rings is 1. The molecule has 0 radical (unpaired) electrons. The highest BCUT2D eigenvalue weighted by Gasteiger charge is 2.26. The Kier molecular flexibility index (Phi) is 5.30. The number of hydrogen-bond acceptors (Lipinski definition) is 6. The minimum atomic E-state index is -0.619. The van der Waals surface area contributed by atoms with Crippen molar-refractivity contribution >= 4 is 34.2 Å². The molecule has 0 aliphatic carbocycles. The number of rotatable bonds is 5. The lowest BCUT2D eigenvalue weighted by Gasteiger charge is -2.11. The molecule has 28 heavy (non-hydrogen) atoms. The van der Waals surface area contributed by atoms with Crippen LogP contribution in [0.15, 0.2) is 35.0 Å². The van der Waals surface area contributed by atoms with Gasteiger partial charge in [0.2, 0.25) is 5.76 Å². The van der Waals surface area contributed by atoms with Crippen molar-refractivity contribution in [1.29, 1.82) is 0 Å². The fourth-order valence-electron chi connectivity index (χ4n) is 2.70. The van der Waals surface area contributed by atoms with E-state index < -0.39 is 17.7 Å². The molecule has 146 valence electrons. The van der Waals surface area contributed by atoms with Gasteiger partial charge in [-0.05, 0) is 31.5 Å². The van der Waals surface area contributed by atoms with Gasteiger partial charge in [0, 0.05) is 26.5 Å². The normalized spacial score (nSPS) is 10.8. The first-order valence-corrected chi connectivity index (χ1v) is 8.66. The topological polar surface area (TPSA) is 84.7 Å². The maximum atomic E-state index is 14.4. The Balaban J connectivity index is 2.21. The Morgan fingerprint density at radius 1 is 1.29 bits per heavy atom. The summed E-state index contributed by atoms with van der Waals surface area (Å²) in [6.45, 7) is 3.64. The number of hydrogen-bond donors (Lipinski definition) is 1. The number of benzene rings is 1. The molecule has 3 aromatic rings. The summed E-state index contributed by atoms with van der Waals surface area (Å²) in [7, 11) is 3.13. The van der Waals surface area contributed by atoms with Gasteiger partial charge in [-0.1, -0.05) is 6.07 Å². The van der Waals surface area contributed by atoms with Gasteiger partial charge in [-0.15, -0.1) is 0 Å². The average Bonchev–Trinajstić information content (AvgIpc) is 3.01. The summed E-state index contributed by atoms with van der Waals surface area (Å²) in [6, 6.07) is 4.68. The Morgan fingerprint density at radius 3 is 2.68 bits per heavy atom. The number of amides is 1. The maximum Gasteiger partial charge on any atom is 0.343 e. The third-order valence-corrected chi connectivity index (χ3v) is 4.08. The second-order valence-corrected chi connectivity index (χ2v) is 6.40. The summed E-state index contributed by atoms with van der Waals surface area (Å²) in [5.74, 6) is -1.60. The van der Waals surface area contributed by atoms with E-state index in [0.717, 1.165) is 5.56 Å². The molecule has 2 aromatic heterocycles. The average molecular weight is 385 g/mol. The molecule has 1 amide bonds. The van der Waals surface area contributed by atoms with Crippen molar-refractivity contribution < 1.29 is 23.1 Å². The first-order chi connectivity index (χ1) is 13.3. The molecule has 0 fully saturated rings. The molecule has 0 aliphatic heterocycles. The molecule has 0 saturated heterocycles. The van der Waals surface area contributed by atoms with E-state index in [0.29, 0.717) is 5.39 Å². The molecular formula is C20H20FN3O4. The molecule has 1 N–H and O–H groups in total. The summed E-state index contributed by atoms with van der Waals surface area (Å²) >= 11 is 0. The molecular weight excluding hydrogens is 365 g/mol. The van der Waals surface area contributed by atoms with Crippen LogP contribution in [0.3, 0.4) is 0 Å². The van der Waals surface area contributed by atoms with Crippen molar-refractivity contribution in [2.45, 2.75) is 13.8 Å². The highest BCUT2D eigenvalue weighted by atomic mass is 19.1. The Morgan fingerprint density at radius 2 is 2.04 bits per heavy atom. The Labute approximate surface area is 161 Å². The predicted molar refractivity (Wildman–Crippen MR) is 102 cm³/mol. The fraction of sp³-hybridized carbons (Fsp3) is 0.250. The number of anilines is 2. The molecule has 0 bridgehead atoms. The van der Waals surface area contributed by atoms with E-state index >= 15 is 0 Å². The minimum absolute atomic E-state index is 0.0569. The van der Waals surface area contributed by atoms with Gasteiger partial charge in [0.1, 0.15) is 17.1 Å². The number of ether oxygens (including phenoxy) is 1. The number of halogens is 1. The number of carbonyl (C=O) groups excluding carboxylic acids is 2. The first kappa shape index (κ1) is 19.3. The second-order valence-electron chi connectivity index (χ2n) is 6.40. The van der Waals surface area contributed by atoms with Crippen molar-refractivity contribution in [3.8, 4) is 0 Å². The summed E-state index contributed by atoms with van der Waals surface area (Å²) in [6.07, 6.45) is 2.76. The highest BCUT2D eigenvalue weighted by Crippen LogP contribution is 2.36. The molecule has 0 atom stereocenters. The highest BCUT2D eigenvalue weighted by molar-refractivity contribution is 6.11. The number of fused-ring (bicyclic) bond motifs is 1. The van der Waals surface area contributed by atoms with Crippen LogP contribution in [0.25, 0.3) is 11.0 Å². The molecule has 8 heteroatoms. The molecule has 0 spiro atoms. The zero-order valence-corrected chi connectivity index (χ0v) is 16.0. The van der Waals surface area contributed by atoms with Gasteiger partial charge in [0.25, 0.3) is 5.91 Å². The molecule has 0 unspecified atom stereocenters. The van der Waals surface area contributed by atoms with Crippen LogP contribution in [0.5, 0.6) is 0 Å². The smallest absolute Gasteiger partial charge is 0.343 e. The molecule has 1 aromatic carbocycles. The van der Waals surface area contributed by atoms with Gasteiger partial charge >= 0.3 is 5.97 Å². The summed E-state index contributed by atoms with van der Waals surface area (Å²) < 4.78 is 25.1. The van der Waals surface area contributed by atoms with Gasteiger partial charge < -0.3 is 19.4 Å². The Bertz CT molecular complexity index is 1060. The van der Waals surface area contributed by atoms with Crippen LogP contribution in [0, 0.1) is 12.7 Å². The van der Waals surface area contributed by atoms with Crippen LogP contribution in [0.1, 0.15) is 33.4 Å². The van der Waals surface area contributed by atoms with E-state index in [9.17, 15) is 14.0 Å². The van der Waals surface area contributed by atoms with Crippen LogP contribution in [-0.4, -0.2) is 42.5 Å². The zero-order valence-electron chi connectivity index (χ0n) is 16.0. The van der Waals surface area contributed by atoms with Crippen LogP contribution >= 0.6 is 0 Å². The van der Waals surface area contributed by atoms with E-state index in [-0.39, 0.29) is 34.9 Å². The number of carbonyl (C=O) groups is 2. The predicted octanol–water partition coefficient (Wildman–Crippen LogP) is 3.90. The third kappa shape index (κ3) is 3.53. The van der Waals surface area contributed by atoms with E-state index in [1.807, 2.05) is 0 Å². The third-order valence-electron chi connectivity index (χ3n) is 4.08. The largest absolute Gasteiger partial charge is 0.462 e. The Hall–Kier alpha value is -3.42. The second kappa shape index (κ2) is 7.67. The van der Waals surface area contributed by atoms with Crippen molar-refractivity contribution in [1.82, 2.24) is 9.88 Å². The van der Waals surface area contributed by atoms with E-state index in [1.165, 1.54) is 23.4 Å². The molecule has 2 heterocycles. The molecule has 0 aliphatic rings. The summed E-state index contributed by atoms with van der Waals surface area (Å²) in [5, 5.41) is 3.29. The van der Waals surface area contributed by atoms with Crippen LogP contribution in [0.4, 0.5) is 15.8 Å². The van der Waals surface area contributed by atoms with Crippen molar-refractivity contribution in [3.63, 3.8) is 0 Å². The summed E-state index contributed by atoms with van der Waals surface area (Å²) in [5.41, 5.74) is 1.40. The molecule has 7 nitrogen and oxygen atoms in total. The van der Waals surface area contributed by atoms with Gasteiger partial charge in [0.05, 0.1) is 17.7 Å². The maximum absolute atomic E-state index is 14.4. The van der Waals surface area contributed by atoms with E-state index in [4.69, 9.17) is 9.15 Å². The number of esters is 1. The zero-order chi connectivity index (χ0) is 20.4. The van der Waals surface area contributed by atoms with Crippen molar-refractivity contribution in [2.75, 3.05) is 26.0 Å². The van der Waals surface area contributed by atoms with Gasteiger partial charge in [-0.25, -0.2) is 9.18 Å². The standard InChI is InChI=1S/C20H20FN3O4/c1-5-27-20(26)13-10-22-9-12-16(18(28-17(12)13)19(25)24(3)4)23-15-7-6-11(2)8-14(15)21/h6-10,23H,5H2,1-4H3. The summed E-state index contributed by atoms with van der Waals surface area (Å²) in [4.78, 5) is 30.2. The number of nitrogens with one attached hydrogen (secondary N) is 1. The minimum Gasteiger partial charge on any atom is -0.462 e. The van der Waals surface area contributed by atoms with E-state index in [2.05, 4.69) is 10.3 Å². The van der Waals surface area contributed by atoms with Crippen LogP contribution in [-0.2, 0) is 4.74 Å². The molecule has 0 saturated carbocycles. The van der Waals surface area contributed by atoms with E-state index in [1.54, 1.807) is 40.1 Å². The number of furan rings is 1. The van der Waals surface area contributed by atoms with Crippen LogP contribution < -0.4 is 5.32 Å². The lowest BCUT2D eigenvalue weighted by molar-refractivity contribution is 0.0526. The fourth-order valence-corrected chi connectivity index (χ4v) is 2.70. The lowest BCUT2D eigenvalue weighted by Crippen LogP contribution is -2.22. The number of aryl methyl sites for hydroxylation is 1. The van der Waals surface area contributed by atoms with Gasteiger partial charge in [-0.3, -0.25) is 9.78 Å². The van der Waals surface area contributed by atoms with Crippen molar-refractivity contribution in [2.24, 2.45) is 0 Å². The molecule has 3 rings (SSSR count). The monoisotopic (exact) mass is 385 g/mol. The lowest BCUT2D eigenvalue weighted by atomic mass is 10.1. The van der Waals surface area contributed by atoms with Crippen LogP contribution in [0.2, 0.25) is 0 Å². The number of nitrogens with zero attached hydrogens (tertiary/aromatic N) is 2. The quantitative estimate of drug-likeness (QED) is 0.671. The van der Waals surface area contributed by atoms with Gasteiger partial charge in [0.15, 0.2) is 5.58 Å². The van der Waals surface area contributed by atoms with Gasteiger partial charge in [-0.2, -0.15) is 0 Å². The van der Waals surface area contributed by atoms with Crippen molar-refractivity contribution in [3.05, 3.63) is 53.3 Å². The number of aromatic nitrogens is 1.